The molecule has 3 heterocycles. The van der Waals surface area contributed by atoms with E-state index in [1.165, 1.54) is 24.0 Å². The highest BCUT2D eigenvalue weighted by molar-refractivity contribution is 5.58. The van der Waals surface area contributed by atoms with Crippen molar-refractivity contribution in [3.8, 4) is 17.3 Å². The number of aromatic nitrogens is 3. The highest BCUT2D eigenvalue weighted by Gasteiger charge is 2.20. The summed E-state index contributed by atoms with van der Waals surface area (Å²) in [5.41, 5.74) is 11.1. The van der Waals surface area contributed by atoms with E-state index in [0.717, 1.165) is 67.5 Å². The number of anilines is 1. The molecule has 6 nitrogen and oxygen atoms in total. The summed E-state index contributed by atoms with van der Waals surface area (Å²) in [5.74, 6) is 1.52. The molecule has 0 unspecified atom stereocenters. The summed E-state index contributed by atoms with van der Waals surface area (Å²) in [6.45, 7) is 2.71. The van der Waals surface area contributed by atoms with Gasteiger partial charge in [-0.2, -0.15) is 0 Å². The highest BCUT2D eigenvalue weighted by atomic mass is 16.5. The molecule has 1 saturated carbocycles. The van der Waals surface area contributed by atoms with Gasteiger partial charge in [-0.15, -0.1) is 0 Å². The minimum Gasteiger partial charge on any atom is -0.474 e. The van der Waals surface area contributed by atoms with Crippen molar-refractivity contribution < 1.29 is 4.74 Å². The van der Waals surface area contributed by atoms with Gasteiger partial charge in [-0.25, -0.2) is 15.0 Å². The minimum atomic E-state index is 0.347. The molecule has 5 rings (SSSR count). The number of nitrogen functional groups attached to an aromatic ring is 1. The fraction of sp³-hybridized carbons (Fsp3) is 0.375. The van der Waals surface area contributed by atoms with Crippen LogP contribution in [0.2, 0.25) is 0 Å². The second-order valence-corrected chi connectivity index (χ2v) is 8.28. The first kappa shape index (κ1) is 19.0. The van der Waals surface area contributed by atoms with E-state index in [0.29, 0.717) is 6.10 Å². The third kappa shape index (κ3) is 4.28. The van der Waals surface area contributed by atoms with Crippen molar-refractivity contribution in [2.75, 3.05) is 12.3 Å². The van der Waals surface area contributed by atoms with Crippen molar-refractivity contribution in [1.29, 1.82) is 0 Å². The Labute approximate surface area is 177 Å². The van der Waals surface area contributed by atoms with Crippen LogP contribution in [0.4, 0.5) is 5.69 Å². The van der Waals surface area contributed by atoms with Crippen molar-refractivity contribution in [1.82, 2.24) is 19.9 Å². The van der Waals surface area contributed by atoms with Gasteiger partial charge < -0.3 is 10.5 Å². The summed E-state index contributed by atoms with van der Waals surface area (Å²) in [5, 5.41) is 0. The Morgan fingerprint density at radius 3 is 2.60 bits per heavy atom. The number of nitrogens with two attached hydrogens (primary N) is 1. The first-order chi connectivity index (χ1) is 14.7. The molecular weight excluding hydrogens is 374 g/mol. The third-order valence-electron chi connectivity index (χ3n) is 5.98. The van der Waals surface area contributed by atoms with E-state index in [2.05, 4.69) is 20.9 Å². The van der Waals surface area contributed by atoms with Gasteiger partial charge in [0.25, 0.3) is 0 Å². The molecule has 2 aromatic heterocycles. The molecular formula is C24H27N5O. The summed E-state index contributed by atoms with van der Waals surface area (Å²) < 4.78 is 5.97. The van der Waals surface area contributed by atoms with Crippen molar-refractivity contribution in [2.24, 2.45) is 0 Å². The largest absolute Gasteiger partial charge is 0.474 e. The molecule has 1 fully saturated rings. The maximum Gasteiger partial charge on any atom is 0.213 e. The zero-order valence-corrected chi connectivity index (χ0v) is 17.1. The van der Waals surface area contributed by atoms with Gasteiger partial charge in [0.15, 0.2) is 5.82 Å². The van der Waals surface area contributed by atoms with Crippen LogP contribution < -0.4 is 10.5 Å². The van der Waals surface area contributed by atoms with E-state index < -0.39 is 0 Å². The van der Waals surface area contributed by atoms with Crippen molar-refractivity contribution in [2.45, 2.75) is 51.3 Å². The third-order valence-corrected chi connectivity index (χ3v) is 5.98. The summed E-state index contributed by atoms with van der Waals surface area (Å²) in [6, 6.07) is 11.9. The average Bonchev–Trinajstić information content (AvgIpc) is 3.28. The van der Waals surface area contributed by atoms with Gasteiger partial charge in [-0.05, 0) is 55.5 Å². The molecule has 1 aromatic carbocycles. The van der Waals surface area contributed by atoms with E-state index >= 15 is 0 Å². The van der Waals surface area contributed by atoms with Gasteiger partial charge in [-0.3, -0.25) is 4.90 Å². The Morgan fingerprint density at radius 1 is 1.00 bits per heavy atom. The molecule has 0 saturated heterocycles. The number of hydrogen-bond acceptors (Lipinski definition) is 6. The van der Waals surface area contributed by atoms with Crippen LogP contribution in [0.15, 0.2) is 48.8 Å². The smallest absolute Gasteiger partial charge is 0.213 e. The van der Waals surface area contributed by atoms with Crippen LogP contribution in [-0.2, 0) is 19.5 Å². The number of rotatable bonds is 5. The number of hydrogen-bond donors (Lipinski definition) is 1. The first-order valence-corrected chi connectivity index (χ1v) is 10.8. The standard InChI is InChI=1S/C24H27N5O/c25-20-8-6-18(7-9-20)24-27-14-19-16-29(12-11-22(19)28-24)15-17-5-10-23(26-13-17)30-21-3-1-2-4-21/h5-10,13-14,21H,1-4,11-12,15-16,25H2. The number of fused-ring (bicyclic) bond motifs is 1. The first-order valence-electron chi connectivity index (χ1n) is 10.8. The Kier molecular flexibility index (Phi) is 5.32. The SMILES string of the molecule is Nc1ccc(-c2ncc3c(n2)CCN(Cc2ccc(OC4CCCC4)nc2)C3)cc1. The van der Waals surface area contributed by atoms with Gasteiger partial charge in [0, 0.05) is 61.3 Å². The van der Waals surface area contributed by atoms with E-state index in [-0.39, 0.29) is 0 Å². The van der Waals surface area contributed by atoms with Crippen LogP contribution in [0.5, 0.6) is 5.88 Å². The molecule has 0 atom stereocenters. The molecule has 3 aromatic rings. The molecule has 30 heavy (non-hydrogen) atoms. The fourth-order valence-electron chi connectivity index (χ4n) is 4.29. The lowest BCUT2D eigenvalue weighted by Gasteiger charge is -2.28. The second-order valence-electron chi connectivity index (χ2n) is 8.28. The van der Waals surface area contributed by atoms with Crippen LogP contribution in [-0.4, -0.2) is 32.5 Å². The molecule has 154 valence electrons. The summed E-state index contributed by atoms with van der Waals surface area (Å²) in [7, 11) is 0. The highest BCUT2D eigenvalue weighted by Crippen LogP contribution is 2.25. The second kappa shape index (κ2) is 8.40. The number of ether oxygens (including phenoxy) is 1. The summed E-state index contributed by atoms with van der Waals surface area (Å²) >= 11 is 0. The zero-order chi connectivity index (χ0) is 20.3. The quantitative estimate of drug-likeness (QED) is 0.651. The average molecular weight is 402 g/mol. The topological polar surface area (TPSA) is 77.2 Å². The predicted octanol–water partition coefficient (Wildman–Crippen LogP) is 4.00. The zero-order valence-electron chi connectivity index (χ0n) is 17.1. The molecule has 1 aliphatic carbocycles. The van der Waals surface area contributed by atoms with Gasteiger partial charge >= 0.3 is 0 Å². The Hall–Kier alpha value is -2.99. The monoisotopic (exact) mass is 401 g/mol. The Bertz CT molecular complexity index is 997. The van der Waals surface area contributed by atoms with Crippen molar-refractivity contribution in [3.63, 3.8) is 0 Å². The van der Waals surface area contributed by atoms with Gasteiger partial charge in [0.05, 0.1) is 5.69 Å². The fourth-order valence-corrected chi connectivity index (χ4v) is 4.29. The van der Waals surface area contributed by atoms with E-state index in [9.17, 15) is 0 Å². The van der Waals surface area contributed by atoms with Gasteiger partial charge in [0.1, 0.15) is 6.10 Å². The van der Waals surface area contributed by atoms with Crippen LogP contribution in [0.3, 0.4) is 0 Å². The Morgan fingerprint density at radius 2 is 1.83 bits per heavy atom. The molecule has 2 N–H and O–H groups in total. The lowest BCUT2D eigenvalue weighted by molar-refractivity contribution is 0.201. The summed E-state index contributed by atoms with van der Waals surface area (Å²) in [4.78, 5) is 16.3. The predicted molar refractivity (Wildman–Crippen MR) is 117 cm³/mol. The number of nitrogens with zero attached hydrogens (tertiary/aromatic N) is 4. The molecule has 0 spiro atoms. The van der Waals surface area contributed by atoms with Crippen LogP contribution in [0, 0.1) is 0 Å². The number of benzene rings is 1. The lowest BCUT2D eigenvalue weighted by atomic mass is 10.1. The molecule has 0 radical (unpaired) electrons. The van der Waals surface area contributed by atoms with Gasteiger partial charge in [0.2, 0.25) is 5.88 Å². The van der Waals surface area contributed by atoms with Crippen molar-refractivity contribution >= 4 is 5.69 Å². The maximum absolute atomic E-state index is 5.97. The molecule has 0 amide bonds. The molecule has 0 bridgehead atoms. The van der Waals surface area contributed by atoms with E-state index in [4.69, 9.17) is 15.5 Å². The molecule has 1 aliphatic heterocycles. The van der Waals surface area contributed by atoms with E-state index in [1.807, 2.05) is 42.7 Å². The lowest BCUT2D eigenvalue weighted by Crippen LogP contribution is -2.31. The molecule has 2 aliphatic rings. The summed E-state index contributed by atoms with van der Waals surface area (Å²) in [6.07, 6.45) is 10.0. The molecule has 6 heteroatoms. The van der Waals surface area contributed by atoms with Crippen molar-refractivity contribution in [3.05, 3.63) is 65.6 Å². The number of pyridine rings is 1. The minimum absolute atomic E-state index is 0.347. The Balaban J connectivity index is 1.22. The van der Waals surface area contributed by atoms with Crippen LogP contribution in [0.25, 0.3) is 11.4 Å². The van der Waals surface area contributed by atoms with Crippen LogP contribution >= 0.6 is 0 Å². The van der Waals surface area contributed by atoms with Crippen LogP contribution in [0.1, 0.15) is 42.5 Å². The van der Waals surface area contributed by atoms with E-state index in [1.54, 1.807) is 0 Å². The van der Waals surface area contributed by atoms with Gasteiger partial charge in [-0.1, -0.05) is 6.07 Å². The normalized spacial score (nSPS) is 17.1. The maximum atomic E-state index is 5.97.